The second-order valence-electron chi connectivity index (χ2n) is 6.04. The standard InChI is InChI=1S/C14H18N4O/c1-8(11-5-9-2-3-10(11)4-9)18-13-12-6-17-19-14(12)16-7-15-13/h6-11H,2-5H2,1H3,(H,15,16,18)/t8-,9-,10-,11-/m0/s1. The number of anilines is 1. The van der Waals surface area contributed by atoms with Crippen LogP contribution in [0.3, 0.4) is 0 Å². The SMILES string of the molecule is C[C@H](Nc1ncnc2oncc12)[C@@H]1C[C@H]2CC[C@H]1C2. The molecule has 2 saturated carbocycles. The van der Waals surface area contributed by atoms with E-state index in [0.717, 1.165) is 29.0 Å². The summed E-state index contributed by atoms with van der Waals surface area (Å²) in [6, 6.07) is 0.448. The quantitative estimate of drug-likeness (QED) is 0.917. The zero-order chi connectivity index (χ0) is 12.8. The molecule has 0 aromatic carbocycles. The number of hydrogen-bond donors (Lipinski definition) is 1. The Morgan fingerprint density at radius 1 is 1.32 bits per heavy atom. The van der Waals surface area contributed by atoms with E-state index in [-0.39, 0.29) is 0 Å². The van der Waals surface area contributed by atoms with Crippen molar-refractivity contribution in [2.75, 3.05) is 5.32 Å². The highest BCUT2D eigenvalue weighted by molar-refractivity contribution is 5.84. The van der Waals surface area contributed by atoms with Crippen molar-refractivity contribution >= 4 is 16.9 Å². The number of nitrogens with zero attached hydrogens (tertiary/aromatic N) is 3. The average molecular weight is 258 g/mol. The van der Waals surface area contributed by atoms with E-state index in [1.54, 1.807) is 6.20 Å². The van der Waals surface area contributed by atoms with Crippen molar-refractivity contribution < 1.29 is 4.52 Å². The van der Waals surface area contributed by atoms with Gasteiger partial charge in [0.1, 0.15) is 17.5 Å². The first-order valence-corrected chi connectivity index (χ1v) is 7.13. The van der Waals surface area contributed by atoms with Gasteiger partial charge in [0.05, 0.1) is 6.20 Å². The van der Waals surface area contributed by atoms with E-state index >= 15 is 0 Å². The Morgan fingerprint density at radius 3 is 3.05 bits per heavy atom. The zero-order valence-electron chi connectivity index (χ0n) is 11.0. The van der Waals surface area contributed by atoms with Gasteiger partial charge in [0.15, 0.2) is 0 Å². The molecule has 1 N–H and O–H groups in total. The lowest BCUT2D eigenvalue weighted by molar-refractivity contribution is 0.304. The predicted octanol–water partition coefficient (Wildman–Crippen LogP) is 2.85. The molecule has 4 rings (SSSR count). The minimum atomic E-state index is 0.448. The Labute approximate surface area is 111 Å². The van der Waals surface area contributed by atoms with E-state index in [2.05, 4.69) is 27.4 Å². The van der Waals surface area contributed by atoms with Crippen molar-refractivity contribution in [3.05, 3.63) is 12.5 Å². The van der Waals surface area contributed by atoms with E-state index in [9.17, 15) is 0 Å². The van der Waals surface area contributed by atoms with Crippen LogP contribution in [0.2, 0.25) is 0 Å². The molecule has 0 aliphatic heterocycles. The van der Waals surface area contributed by atoms with Crippen molar-refractivity contribution in [2.45, 2.75) is 38.6 Å². The van der Waals surface area contributed by atoms with Gasteiger partial charge in [0.2, 0.25) is 0 Å². The fourth-order valence-electron chi connectivity index (χ4n) is 4.04. The van der Waals surface area contributed by atoms with E-state index in [1.165, 1.54) is 32.0 Å². The van der Waals surface area contributed by atoms with Crippen molar-refractivity contribution in [2.24, 2.45) is 17.8 Å². The molecule has 2 bridgehead atoms. The molecule has 5 heteroatoms. The molecule has 0 radical (unpaired) electrons. The maximum Gasteiger partial charge on any atom is 0.262 e. The summed E-state index contributed by atoms with van der Waals surface area (Å²) >= 11 is 0. The molecule has 4 atom stereocenters. The van der Waals surface area contributed by atoms with Gasteiger partial charge in [-0.25, -0.2) is 4.98 Å². The molecule has 2 aliphatic rings. The lowest BCUT2D eigenvalue weighted by Gasteiger charge is -2.28. The van der Waals surface area contributed by atoms with Gasteiger partial charge in [-0.15, -0.1) is 0 Å². The first-order valence-electron chi connectivity index (χ1n) is 7.13. The monoisotopic (exact) mass is 258 g/mol. The summed E-state index contributed by atoms with van der Waals surface area (Å²) in [5.74, 6) is 3.51. The van der Waals surface area contributed by atoms with Gasteiger partial charge in [-0.1, -0.05) is 11.6 Å². The Morgan fingerprint density at radius 2 is 2.26 bits per heavy atom. The van der Waals surface area contributed by atoms with Gasteiger partial charge in [-0.2, -0.15) is 4.98 Å². The Hall–Kier alpha value is -1.65. The Bertz CT molecular complexity index is 596. The summed E-state index contributed by atoms with van der Waals surface area (Å²) in [4.78, 5) is 8.39. The van der Waals surface area contributed by atoms with Crippen molar-refractivity contribution in [3.8, 4) is 0 Å². The lowest BCUT2D eigenvalue weighted by Crippen LogP contribution is -2.30. The molecule has 5 nitrogen and oxygen atoms in total. The zero-order valence-corrected chi connectivity index (χ0v) is 11.0. The summed E-state index contributed by atoms with van der Waals surface area (Å²) in [7, 11) is 0. The van der Waals surface area contributed by atoms with E-state index in [1.807, 2.05) is 0 Å². The molecule has 2 fully saturated rings. The van der Waals surface area contributed by atoms with E-state index < -0.39 is 0 Å². The van der Waals surface area contributed by atoms with Crippen molar-refractivity contribution in [1.29, 1.82) is 0 Å². The number of fused-ring (bicyclic) bond motifs is 3. The first-order chi connectivity index (χ1) is 9.31. The van der Waals surface area contributed by atoms with E-state index in [0.29, 0.717) is 11.8 Å². The summed E-state index contributed by atoms with van der Waals surface area (Å²) in [6.07, 6.45) is 8.87. The normalized spacial score (nSPS) is 30.9. The molecule has 2 aromatic rings. The maximum atomic E-state index is 5.07. The summed E-state index contributed by atoms with van der Waals surface area (Å²) in [6.45, 7) is 2.27. The highest BCUT2D eigenvalue weighted by atomic mass is 16.5. The number of nitrogens with one attached hydrogen (secondary N) is 1. The Balaban J connectivity index is 1.56. The van der Waals surface area contributed by atoms with Gasteiger partial charge in [-0.3, -0.25) is 0 Å². The minimum Gasteiger partial charge on any atom is -0.367 e. The van der Waals surface area contributed by atoms with Crippen LogP contribution in [0.4, 0.5) is 5.82 Å². The van der Waals surface area contributed by atoms with Crippen molar-refractivity contribution in [3.63, 3.8) is 0 Å². The second-order valence-corrected chi connectivity index (χ2v) is 6.04. The van der Waals surface area contributed by atoms with Crippen LogP contribution in [0.1, 0.15) is 32.6 Å². The highest BCUT2D eigenvalue weighted by Gasteiger charge is 2.41. The molecule has 2 aliphatic carbocycles. The molecule has 2 heterocycles. The summed E-state index contributed by atoms with van der Waals surface area (Å²) in [5.41, 5.74) is 0.553. The number of hydrogen-bond acceptors (Lipinski definition) is 5. The second kappa shape index (κ2) is 4.18. The third-order valence-electron chi connectivity index (χ3n) is 4.97. The molecule has 2 aromatic heterocycles. The van der Waals surface area contributed by atoms with Gasteiger partial charge in [0, 0.05) is 6.04 Å². The van der Waals surface area contributed by atoms with Crippen LogP contribution in [-0.2, 0) is 0 Å². The fraction of sp³-hybridized carbons (Fsp3) is 0.643. The number of rotatable bonds is 3. The molecule has 0 unspecified atom stereocenters. The largest absolute Gasteiger partial charge is 0.367 e. The van der Waals surface area contributed by atoms with Crippen LogP contribution in [-0.4, -0.2) is 21.2 Å². The summed E-state index contributed by atoms with van der Waals surface area (Å²) < 4.78 is 5.07. The van der Waals surface area contributed by atoms with Crippen LogP contribution in [0.15, 0.2) is 17.0 Å². The smallest absolute Gasteiger partial charge is 0.262 e. The third kappa shape index (κ3) is 1.79. The molecule has 0 amide bonds. The van der Waals surface area contributed by atoms with Crippen LogP contribution < -0.4 is 5.32 Å². The van der Waals surface area contributed by atoms with Crippen molar-refractivity contribution in [1.82, 2.24) is 15.1 Å². The minimum absolute atomic E-state index is 0.448. The number of aromatic nitrogens is 3. The highest BCUT2D eigenvalue weighted by Crippen LogP contribution is 2.49. The Kier molecular flexibility index (Phi) is 2.47. The molecular weight excluding hydrogens is 240 g/mol. The predicted molar refractivity (Wildman–Crippen MR) is 71.6 cm³/mol. The van der Waals surface area contributed by atoms with Crippen LogP contribution in [0.5, 0.6) is 0 Å². The molecule has 0 spiro atoms. The van der Waals surface area contributed by atoms with Gasteiger partial charge in [-0.05, 0) is 43.9 Å². The van der Waals surface area contributed by atoms with Gasteiger partial charge in [0.25, 0.3) is 5.71 Å². The average Bonchev–Trinajstić information content (AvgIpc) is 3.14. The fourth-order valence-corrected chi connectivity index (χ4v) is 4.04. The molecule has 19 heavy (non-hydrogen) atoms. The molecule has 0 saturated heterocycles. The molecule has 100 valence electrons. The lowest BCUT2D eigenvalue weighted by atomic mass is 9.84. The summed E-state index contributed by atoms with van der Waals surface area (Å²) in [5, 5.41) is 8.21. The van der Waals surface area contributed by atoms with Gasteiger partial charge >= 0.3 is 0 Å². The van der Waals surface area contributed by atoms with E-state index in [4.69, 9.17) is 4.52 Å². The maximum absolute atomic E-state index is 5.07. The van der Waals surface area contributed by atoms with Crippen LogP contribution in [0.25, 0.3) is 11.1 Å². The third-order valence-corrected chi connectivity index (χ3v) is 4.97. The topological polar surface area (TPSA) is 63.8 Å². The van der Waals surface area contributed by atoms with Crippen LogP contribution in [0, 0.1) is 17.8 Å². The molecular formula is C14H18N4O. The van der Waals surface area contributed by atoms with Crippen LogP contribution >= 0.6 is 0 Å². The first kappa shape index (κ1) is 11.2. The van der Waals surface area contributed by atoms with Gasteiger partial charge < -0.3 is 9.84 Å².